The largest absolute Gasteiger partial charge is 0.488 e. The second kappa shape index (κ2) is 15.3. The van der Waals surface area contributed by atoms with E-state index in [1.54, 1.807) is 23.1 Å². The molecule has 2 unspecified atom stereocenters. The van der Waals surface area contributed by atoms with Crippen molar-refractivity contribution in [3.63, 3.8) is 0 Å². The van der Waals surface area contributed by atoms with Crippen molar-refractivity contribution in [3.8, 4) is 11.8 Å². The van der Waals surface area contributed by atoms with Gasteiger partial charge in [0.2, 0.25) is 17.4 Å². The van der Waals surface area contributed by atoms with E-state index in [1.165, 1.54) is 6.07 Å². The third-order valence-corrected chi connectivity index (χ3v) is 15.1. The lowest BCUT2D eigenvalue weighted by atomic mass is 9.49. The van der Waals surface area contributed by atoms with E-state index in [2.05, 4.69) is 88.3 Å². The minimum Gasteiger partial charge on any atom is -0.488 e. The smallest absolute Gasteiger partial charge is 0.255 e. The van der Waals surface area contributed by atoms with Gasteiger partial charge in [-0.3, -0.25) is 34.2 Å². The van der Waals surface area contributed by atoms with E-state index in [0.29, 0.717) is 64.3 Å². The van der Waals surface area contributed by atoms with Crippen molar-refractivity contribution in [3.05, 3.63) is 99.3 Å². The average molecular weight is 851 g/mol. The third kappa shape index (κ3) is 7.01. The molecule has 4 amide bonds. The molecule has 5 fully saturated rings. The quantitative estimate of drug-likeness (QED) is 0.196. The van der Waals surface area contributed by atoms with Crippen molar-refractivity contribution in [1.29, 1.82) is 5.26 Å². The number of piperidine rings is 2. The number of hydrogen-bond acceptors (Lipinski definition) is 10. The van der Waals surface area contributed by atoms with E-state index < -0.39 is 16.9 Å². The Bertz CT molecular complexity index is 2630. The highest BCUT2D eigenvalue weighted by molar-refractivity contribution is 6.05. The molecule has 6 aliphatic rings. The van der Waals surface area contributed by atoms with Crippen LogP contribution in [0.4, 0.5) is 11.4 Å². The van der Waals surface area contributed by atoms with Crippen molar-refractivity contribution in [2.75, 3.05) is 42.5 Å². The number of nitriles is 1. The highest BCUT2D eigenvalue weighted by atomic mass is 16.5. The summed E-state index contributed by atoms with van der Waals surface area (Å²) in [6.07, 6.45) is 3.75. The first-order valence-electron chi connectivity index (χ1n) is 22.4. The maximum absolute atomic E-state index is 13.7. The number of nitrogens with one attached hydrogen (secondary N) is 3. The van der Waals surface area contributed by atoms with Crippen LogP contribution in [0.2, 0.25) is 0 Å². The van der Waals surface area contributed by atoms with Crippen LogP contribution in [-0.2, 0) is 16.1 Å². The second-order valence-electron chi connectivity index (χ2n) is 19.7. The summed E-state index contributed by atoms with van der Waals surface area (Å²) in [6.45, 7) is 13.8. The number of carbonyl (C=O) groups excluding carboxylic acids is 4. The molecular weight excluding hydrogens is 797 g/mol. The van der Waals surface area contributed by atoms with Crippen LogP contribution in [0.3, 0.4) is 0 Å². The molecule has 5 aliphatic heterocycles. The number of aromatic amines is 1. The number of amides is 4. The van der Waals surface area contributed by atoms with Gasteiger partial charge in [0, 0.05) is 109 Å². The Hall–Kier alpha value is -6.20. The molecule has 1 aromatic heterocycles. The topological polar surface area (TPSA) is 171 Å². The van der Waals surface area contributed by atoms with Gasteiger partial charge >= 0.3 is 0 Å². The summed E-state index contributed by atoms with van der Waals surface area (Å²) in [5.74, 6) is 0.300. The van der Waals surface area contributed by atoms with Crippen molar-refractivity contribution in [2.45, 2.75) is 96.6 Å². The number of likely N-dealkylation sites (tertiary alicyclic amines) is 1. The molecule has 1 saturated carbocycles. The van der Waals surface area contributed by atoms with E-state index in [-0.39, 0.29) is 47.8 Å². The van der Waals surface area contributed by atoms with E-state index in [9.17, 15) is 29.2 Å². The Morgan fingerprint density at radius 1 is 0.873 bits per heavy atom. The number of rotatable bonds is 9. The lowest BCUT2D eigenvalue weighted by molar-refractivity contribution is -0.163. The molecule has 0 radical (unpaired) electrons. The fourth-order valence-corrected chi connectivity index (χ4v) is 12.1. The molecule has 3 N–H and O–H groups in total. The zero-order valence-electron chi connectivity index (χ0n) is 36.3. The average Bonchev–Trinajstić information content (AvgIpc) is 3.97. The maximum atomic E-state index is 13.7. The molecule has 3 atom stereocenters. The first-order valence-corrected chi connectivity index (χ1v) is 22.4. The number of aromatic nitrogens is 1. The van der Waals surface area contributed by atoms with Gasteiger partial charge in [-0.05, 0) is 97.8 Å². The number of piperazine rings is 1. The molecular formula is C49H54N8O6. The number of nitrogens with zero attached hydrogens (tertiary/aromatic N) is 5. The van der Waals surface area contributed by atoms with Gasteiger partial charge in [0.1, 0.15) is 24.0 Å². The standard InChI is InChI=1S/C49H54N8O6/c1-48(2)46(49(3,4)47(48)63-39-14-7-30(23-50)42-37(39)12-15-40(58)51-42)53-43(60)29-5-8-32(9-6-29)54-19-17-28(18-20-54)24-55-26-35-22-34(55)27-56(35)33-10-11-36-31(21-33)25-57(45(36)62)38-13-16-41(59)52-44(38)61/h5-12,14-15,21,28,34-35,38,46-47H,13,16-20,22,24-27H2,1-4H3,(H,51,58)(H,53,60)(H,52,59,61)/t34?,35?,38-,46?,47?/m0/s1. The van der Waals surface area contributed by atoms with Crippen LogP contribution in [0.1, 0.15) is 91.6 Å². The number of imide groups is 1. The van der Waals surface area contributed by atoms with Crippen molar-refractivity contribution < 1.29 is 23.9 Å². The number of H-pyrrole nitrogens is 1. The van der Waals surface area contributed by atoms with E-state index in [4.69, 9.17) is 4.74 Å². The van der Waals surface area contributed by atoms with E-state index in [1.807, 2.05) is 18.2 Å². The molecule has 63 heavy (non-hydrogen) atoms. The zero-order valence-corrected chi connectivity index (χ0v) is 36.3. The van der Waals surface area contributed by atoms with E-state index in [0.717, 1.165) is 68.9 Å². The molecule has 14 heteroatoms. The normalized spacial score (nSPS) is 26.4. The Morgan fingerprint density at radius 3 is 2.32 bits per heavy atom. The molecule has 2 bridgehead atoms. The summed E-state index contributed by atoms with van der Waals surface area (Å²) in [5, 5.41) is 16.0. The Balaban J connectivity index is 0.700. The van der Waals surface area contributed by atoms with Gasteiger partial charge < -0.3 is 29.7 Å². The summed E-state index contributed by atoms with van der Waals surface area (Å²) < 4.78 is 6.63. The zero-order chi connectivity index (χ0) is 43.9. The summed E-state index contributed by atoms with van der Waals surface area (Å²) >= 11 is 0. The van der Waals surface area contributed by atoms with Gasteiger partial charge in [-0.2, -0.15) is 5.26 Å². The lowest BCUT2D eigenvalue weighted by Crippen LogP contribution is -2.74. The number of carbonyl (C=O) groups is 4. The van der Waals surface area contributed by atoms with Gasteiger partial charge in [-0.1, -0.05) is 27.7 Å². The predicted octanol–water partition coefficient (Wildman–Crippen LogP) is 4.95. The van der Waals surface area contributed by atoms with Gasteiger partial charge in [0.15, 0.2) is 0 Å². The monoisotopic (exact) mass is 850 g/mol. The molecule has 10 rings (SSSR count). The Morgan fingerprint density at radius 2 is 1.62 bits per heavy atom. The molecule has 1 aliphatic carbocycles. The van der Waals surface area contributed by atoms with Crippen molar-refractivity contribution in [2.24, 2.45) is 16.7 Å². The van der Waals surface area contributed by atoms with Gasteiger partial charge in [0.25, 0.3) is 11.8 Å². The fraction of sp³-hybridized carbons (Fsp3) is 0.469. The highest BCUT2D eigenvalue weighted by Gasteiger charge is 2.64. The molecule has 14 nitrogen and oxygen atoms in total. The van der Waals surface area contributed by atoms with Crippen molar-refractivity contribution in [1.82, 2.24) is 25.4 Å². The van der Waals surface area contributed by atoms with Crippen LogP contribution in [0.25, 0.3) is 10.9 Å². The molecule has 4 saturated heterocycles. The molecule has 326 valence electrons. The lowest BCUT2D eigenvalue weighted by Gasteiger charge is -2.63. The summed E-state index contributed by atoms with van der Waals surface area (Å²) in [6, 6.07) is 23.0. The molecule has 4 aromatic rings. The summed E-state index contributed by atoms with van der Waals surface area (Å²) in [5.41, 5.74) is 4.22. The number of fused-ring (bicyclic) bond motifs is 4. The van der Waals surface area contributed by atoms with Gasteiger partial charge in [-0.15, -0.1) is 0 Å². The number of pyridine rings is 1. The molecule has 3 aromatic carbocycles. The minimum absolute atomic E-state index is 0.118. The number of anilines is 2. The highest BCUT2D eigenvalue weighted by Crippen LogP contribution is 2.56. The van der Waals surface area contributed by atoms with Gasteiger partial charge in [0.05, 0.1) is 11.1 Å². The third-order valence-electron chi connectivity index (χ3n) is 15.1. The predicted molar refractivity (Wildman–Crippen MR) is 237 cm³/mol. The van der Waals surface area contributed by atoms with Crippen LogP contribution >= 0.6 is 0 Å². The van der Waals surface area contributed by atoms with Crippen LogP contribution in [0.15, 0.2) is 71.5 Å². The van der Waals surface area contributed by atoms with Gasteiger partial charge in [-0.25, -0.2) is 0 Å². The number of benzene rings is 3. The second-order valence-corrected chi connectivity index (χ2v) is 19.7. The van der Waals surface area contributed by atoms with Crippen LogP contribution < -0.4 is 30.7 Å². The fourth-order valence-electron chi connectivity index (χ4n) is 12.1. The first kappa shape index (κ1) is 40.8. The maximum Gasteiger partial charge on any atom is 0.255 e. The molecule has 6 heterocycles. The Labute approximate surface area is 366 Å². The van der Waals surface area contributed by atoms with Crippen LogP contribution in [0.5, 0.6) is 5.75 Å². The molecule has 0 spiro atoms. The van der Waals surface area contributed by atoms with E-state index >= 15 is 0 Å². The van der Waals surface area contributed by atoms with Crippen molar-refractivity contribution >= 4 is 45.9 Å². The first-order chi connectivity index (χ1) is 30.2. The van der Waals surface area contributed by atoms with Crippen LogP contribution in [0, 0.1) is 28.1 Å². The minimum atomic E-state index is -0.605. The number of hydrogen-bond donors (Lipinski definition) is 3. The Kier molecular flexibility index (Phi) is 9.89. The van der Waals surface area contributed by atoms with Crippen LogP contribution in [-0.4, -0.2) is 101 Å². The number of ether oxygens (including phenoxy) is 1. The summed E-state index contributed by atoms with van der Waals surface area (Å²) in [7, 11) is 0. The SMILES string of the molecule is CC1(C)C(NC(=O)c2ccc(N3CCC(CN4CC5CC4CN5c4ccc5c(c4)CN([C@H]4CCC(=O)NC4=O)C5=O)CC3)cc2)C(C)(C)C1Oc1ccc(C#N)c2[nH]c(=O)ccc12. The summed E-state index contributed by atoms with van der Waals surface area (Å²) in [4.78, 5) is 75.2.